The molecular formula is C14H11FN2O. The minimum absolute atomic E-state index is 0.0647. The van der Waals surface area contributed by atoms with Crippen molar-refractivity contribution in [1.29, 1.82) is 5.26 Å². The maximum absolute atomic E-state index is 14.0. The summed E-state index contributed by atoms with van der Waals surface area (Å²) in [7, 11) is 0. The Labute approximate surface area is 104 Å². The third kappa shape index (κ3) is 1.91. The summed E-state index contributed by atoms with van der Waals surface area (Å²) in [6, 6.07) is 8.35. The number of aromatic amines is 1. The molecule has 1 aromatic carbocycles. The van der Waals surface area contributed by atoms with E-state index in [4.69, 9.17) is 5.26 Å². The monoisotopic (exact) mass is 242 g/mol. The molecule has 0 bridgehead atoms. The van der Waals surface area contributed by atoms with Crippen LogP contribution in [0.1, 0.15) is 16.8 Å². The standard InChI is InChI=1S/C14H11FN2O/c1-8-4-3-5-10(13(8)15)11-6-9(2)17-14(18)12(11)7-16/h3-6H,1-2H3,(H,17,18). The highest BCUT2D eigenvalue weighted by atomic mass is 19.1. The maximum atomic E-state index is 14.0. The summed E-state index contributed by atoms with van der Waals surface area (Å²) in [6.45, 7) is 3.34. The topological polar surface area (TPSA) is 56.6 Å². The van der Waals surface area contributed by atoms with Crippen molar-refractivity contribution in [2.24, 2.45) is 0 Å². The molecule has 0 fully saturated rings. The van der Waals surface area contributed by atoms with Gasteiger partial charge < -0.3 is 4.98 Å². The molecule has 0 saturated carbocycles. The quantitative estimate of drug-likeness (QED) is 0.835. The SMILES string of the molecule is Cc1cc(-c2cccc(C)c2F)c(C#N)c(=O)[nH]1. The number of hydrogen-bond donors (Lipinski definition) is 1. The van der Waals surface area contributed by atoms with Crippen molar-refractivity contribution in [2.45, 2.75) is 13.8 Å². The largest absolute Gasteiger partial charge is 0.325 e. The van der Waals surface area contributed by atoms with Crippen molar-refractivity contribution in [3.8, 4) is 17.2 Å². The van der Waals surface area contributed by atoms with Crippen molar-refractivity contribution < 1.29 is 4.39 Å². The Kier molecular flexibility index (Phi) is 2.99. The lowest BCUT2D eigenvalue weighted by molar-refractivity contribution is 0.622. The zero-order valence-corrected chi connectivity index (χ0v) is 10.0. The molecule has 0 aliphatic heterocycles. The van der Waals surface area contributed by atoms with Gasteiger partial charge in [0.2, 0.25) is 0 Å². The molecule has 0 amide bonds. The van der Waals surface area contributed by atoms with Gasteiger partial charge in [-0.3, -0.25) is 4.79 Å². The first-order valence-corrected chi connectivity index (χ1v) is 5.44. The molecule has 0 saturated heterocycles. The van der Waals surface area contributed by atoms with Crippen LogP contribution in [0.3, 0.4) is 0 Å². The molecule has 4 heteroatoms. The van der Waals surface area contributed by atoms with Crippen molar-refractivity contribution >= 4 is 0 Å². The highest BCUT2D eigenvalue weighted by Gasteiger charge is 2.14. The van der Waals surface area contributed by atoms with Crippen LogP contribution < -0.4 is 5.56 Å². The minimum atomic E-state index is -0.492. The van der Waals surface area contributed by atoms with E-state index in [9.17, 15) is 9.18 Å². The zero-order valence-electron chi connectivity index (χ0n) is 10.0. The molecule has 0 atom stereocenters. The molecule has 18 heavy (non-hydrogen) atoms. The summed E-state index contributed by atoms with van der Waals surface area (Å²) in [5.74, 6) is -0.404. The van der Waals surface area contributed by atoms with Gasteiger partial charge in [0.15, 0.2) is 0 Å². The van der Waals surface area contributed by atoms with Crippen LogP contribution in [-0.2, 0) is 0 Å². The van der Waals surface area contributed by atoms with Gasteiger partial charge >= 0.3 is 0 Å². The molecule has 2 rings (SSSR count). The van der Waals surface area contributed by atoms with E-state index in [0.29, 0.717) is 16.8 Å². The number of aryl methyl sites for hydroxylation is 2. The molecule has 0 unspecified atom stereocenters. The molecule has 0 aliphatic rings. The van der Waals surface area contributed by atoms with E-state index in [-0.39, 0.29) is 11.1 Å². The number of pyridine rings is 1. The Morgan fingerprint density at radius 3 is 2.67 bits per heavy atom. The molecule has 2 aromatic rings. The average molecular weight is 242 g/mol. The van der Waals surface area contributed by atoms with Crippen LogP contribution in [0.15, 0.2) is 29.1 Å². The fourth-order valence-electron chi connectivity index (χ4n) is 1.87. The lowest BCUT2D eigenvalue weighted by atomic mass is 9.99. The van der Waals surface area contributed by atoms with E-state index in [1.165, 1.54) is 0 Å². The first-order chi connectivity index (χ1) is 8.54. The van der Waals surface area contributed by atoms with Gasteiger partial charge in [-0.15, -0.1) is 0 Å². The number of benzene rings is 1. The van der Waals surface area contributed by atoms with Crippen LogP contribution in [0.2, 0.25) is 0 Å². The van der Waals surface area contributed by atoms with Crippen LogP contribution in [0.5, 0.6) is 0 Å². The summed E-state index contributed by atoms with van der Waals surface area (Å²) in [5.41, 5.74) is 1.13. The Morgan fingerprint density at radius 1 is 1.28 bits per heavy atom. The summed E-state index contributed by atoms with van der Waals surface area (Å²) in [5, 5.41) is 9.02. The summed E-state index contributed by atoms with van der Waals surface area (Å²) >= 11 is 0. The van der Waals surface area contributed by atoms with E-state index in [1.54, 1.807) is 38.1 Å². The van der Waals surface area contributed by atoms with Gasteiger partial charge in [0.1, 0.15) is 17.4 Å². The number of hydrogen-bond acceptors (Lipinski definition) is 2. The van der Waals surface area contributed by atoms with Crippen molar-refractivity contribution in [3.05, 3.63) is 57.3 Å². The zero-order chi connectivity index (χ0) is 13.3. The van der Waals surface area contributed by atoms with E-state index >= 15 is 0 Å². The Hall–Kier alpha value is -2.41. The van der Waals surface area contributed by atoms with Crippen LogP contribution in [-0.4, -0.2) is 4.98 Å². The Balaban J connectivity index is 2.84. The van der Waals surface area contributed by atoms with Crippen LogP contribution in [0.25, 0.3) is 11.1 Å². The van der Waals surface area contributed by atoms with Gasteiger partial charge in [0.05, 0.1) is 0 Å². The summed E-state index contributed by atoms with van der Waals surface area (Å²) < 4.78 is 14.0. The number of nitrogens with zero attached hydrogens (tertiary/aromatic N) is 1. The van der Waals surface area contributed by atoms with Crippen molar-refractivity contribution in [3.63, 3.8) is 0 Å². The molecule has 3 nitrogen and oxygen atoms in total. The Morgan fingerprint density at radius 2 is 2.00 bits per heavy atom. The molecule has 0 aliphatic carbocycles. The number of nitriles is 1. The minimum Gasteiger partial charge on any atom is -0.325 e. The maximum Gasteiger partial charge on any atom is 0.266 e. The number of halogens is 1. The van der Waals surface area contributed by atoms with Crippen LogP contribution >= 0.6 is 0 Å². The summed E-state index contributed by atoms with van der Waals surface area (Å²) in [4.78, 5) is 14.2. The van der Waals surface area contributed by atoms with E-state index < -0.39 is 11.4 Å². The predicted molar refractivity (Wildman–Crippen MR) is 66.6 cm³/mol. The molecule has 1 aromatic heterocycles. The molecule has 0 radical (unpaired) electrons. The third-order valence-electron chi connectivity index (χ3n) is 2.76. The van der Waals surface area contributed by atoms with Gasteiger partial charge in [-0.2, -0.15) is 5.26 Å². The second kappa shape index (κ2) is 4.46. The fraction of sp³-hybridized carbons (Fsp3) is 0.143. The van der Waals surface area contributed by atoms with E-state index in [1.807, 2.05) is 6.07 Å². The first kappa shape index (κ1) is 12.1. The Bertz CT molecular complexity index is 711. The molecular weight excluding hydrogens is 231 g/mol. The number of nitrogens with one attached hydrogen (secondary N) is 1. The second-order valence-corrected chi connectivity index (χ2v) is 4.12. The number of aromatic nitrogens is 1. The van der Waals surface area contributed by atoms with Crippen molar-refractivity contribution in [2.75, 3.05) is 0 Å². The van der Waals surface area contributed by atoms with Gasteiger partial charge in [-0.1, -0.05) is 18.2 Å². The highest BCUT2D eigenvalue weighted by Crippen LogP contribution is 2.26. The van der Waals surface area contributed by atoms with E-state index in [2.05, 4.69) is 4.98 Å². The third-order valence-corrected chi connectivity index (χ3v) is 2.76. The highest BCUT2D eigenvalue weighted by molar-refractivity contribution is 5.71. The van der Waals surface area contributed by atoms with Gasteiger partial charge in [0.25, 0.3) is 5.56 Å². The van der Waals surface area contributed by atoms with Gasteiger partial charge in [-0.05, 0) is 25.5 Å². The van der Waals surface area contributed by atoms with Crippen molar-refractivity contribution in [1.82, 2.24) is 4.98 Å². The fourth-order valence-corrected chi connectivity index (χ4v) is 1.87. The second-order valence-electron chi connectivity index (χ2n) is 4.12. The number of H-pyrrole nitrogens is 1. The van der Waals surface area contributed by atoms with Crippen LogP contribution in [0, 0.1) is 31.0 Å². The lowest BCUT2D eigenvalue weighted by Crippen LogP contribution is -2.13. The summed E-state index contributed by atoms with van der Waals surface area (Å²) in [6.07, 6.45) is 0. The van der Waals surface area contributed by atoms with E-state index in [0.717, 1.165) is 0 Å². The number of rotatable bonds is 1. The average Bonchev–Trinajstić information content (AvgIpc) is 2.32. The normalized spacial score (nSPS) is 10.1. The smallest absolute Gasteiger partial charge is 0.266 e. The van der Waals surface area contributed by atoms with Gasteiger partial charge in [-0.25, -0.2) is 4.39 Å². The molecule has 0 spiro atoms. The molecule has 90 valence electrons. The lowest BCUT2D eigenvalue weighted by Gasteiger charge is -2.08. The predicted octanol–water partition coefficient (Wildman–Crippen LogP) is 2.67. The van der Waals surface area contributed by atoms with Gasteiger partial charge in [0, 0.05) is 16.8 Å². The first-order valence-electron chi connectivity index (χ1n) is 5.44. The van der Waals surface area contributed by atoms with Crippen LogP contribution in [0.4, 0.5) is 4.39 Å². The molecule has 1 N–H and O–H groups in total. The molecule has 1 heterocycles.